The highest BCUT2D eigenvalue weighted by Gasteiger charge is 2.52. The molecule has 0 saturated heterocycles. The van der Waals surface area contributed by atoms with Gasteiger partial charge in [0.25, 0.3) is 0 Å². The fraction of sp³-hybridized carbons (Fsp3) is 0.963. The van der Waals surface area contributed by atoms with Gasteiger partial charge in [0.05, 0.1) is 11.5 Å². The quantitative estimate of drug-likeness (QED) is 0.454. The summed E-state index contributed by atoms with van der Waals surface area (Å²) in [6.45, 7) is 4.64. The Morgan fingerprint density at radius 2 is 1.50 bits per heavy atom. The molecular weight excluding hydrogens is 338 g/mol. The average Bonchev–Trinajstić information content (AvgIpc) is 2.75. The van der Waals surface area contributed by atoms with Crippen LogP contribution in [0.5, 0.6) is 0 Å². The zero-order valence-electron chi connectivity index (χ0n) is 18.8. The molecule has 0 bridgehead atoms. The van der Waals surface area contributed by atoms with Gasteiger partial charge in [0.2, 0.25) is 0 Å². The van der Waals surface area contributed by atoms with E-state index in [1.807, 2.05) is 0 Å². The molecule has 4 aliphatic rings. The monoisotopic (exact) mass is 383 g/mol. The zero-order chi connectivity index (χ0) is 19.6. The van der Waals surface area contributed by atoms with E-state index in [9.17, 15) is 5.26 Å². The van der Waals surface area contributed by atoms with Crippen LogP contribution in [0.4, 0.5) is 0 Å². The van der Waals surface area contributed by atoms with Gasteiger partial charge in [-0.1, -0.05) is 58.8 Å². The topological polar surface area (TPSA) is 23.8 Å². The van der Waals surface area contributed by atoms with E-state index in [2.05, 4.69) is 19.9 Å². The number of rotatable bonds is 6. The summed E-state index contributed by atoms with van der Waals surface area (Å²) >= 11 is 0. The molecule has 0 amide bonds. The Hall–Kier alpha value is -0.510. The third-order valence-corrected chi connectivity index (χ3v) is 10.0. The Morgan fingerprint density at radius 3 is 2.29 bits per heavy atom. The third kappa shape index (κ3) is 3.91. The first-order chi connectivity index (χ1) is 13.7. The van der Waals surface area contributed by atoms with Crippen molar-refractivity contribution >= 4 is 0 Å². The first-order valence-electron chi connectivity index (χ1n) is 13.1. The van der Waals surface area contributed by atoms with Crippen LogP contribution in [-0.2, 0) is 0 Å². The van der Waals surface area contributed by atoms with E-state index in [1.54, 1.807) is 12.8 Å². The van der Waals surface area contributed by atoms with E-state index in [1.165, 1.54) is 89.9 Å². The van der Waals surface area contributed by atoms with Gasteiger partial charge < -0.3 is 0 Å². The van der Waals surface area contributed by atoms with E-state index < -0.39 is 0 Å². The molecule has 0 aromatic heterocycles. The van der Waals surface area contributed by atoms with Crippen LogP contribution in [0.25, 0.3) is 0 Å². The fourth-order valence-electron chi connectivity index (χ4n) is 8.70. The Labute approximate surface area is 175 Å². The van der Waals surface area contributed by atoms with E-state index in [0.717, 1.165) is 41.4 Å². The molecule has 4 rings (SSSR count). The molecular formula is C27H45N. The lowest BCUT2D eigenvalue weighted by molar-refractivity contribution is -0.0718. The van der Waals surface area contributed by atoms with Crippen LogP contribution in [0.3, 0.4) is 0 Å². The normalized spacial score (nSPS) is 45.4. The smallest absolute Gasteiger partial charge is 0.0689 e. The molecule has 1 heteroatoms. The summed E-state index contributed by atoms with van der Waals surface area (Å²) in [4.78, 5) is 0. The van der Waals surface area contributed by atoms with Gasteiger partial charge in [-0.05, 0) is 99.2 Å². The van der Waals surface area contributed by atoms with Crippen LogP contribution < -0.4 is 0 Å². The molecule has 0 heterocycles. The summed E-state index contributed by atoms with van der Waals surface area (Å²) in [6.07, 6.45) is 22.5. The van der Waals surface area contributed by atoms with E-state index >= 15 is 0 Å². The minimum absolute atomic E-state index is 0.0390. The molecule has 0 aromatic carbocycles. The summed E-state index contributed by atoms with van der Waals surface area (Å²) in [5.74, 6) is 7.12. The van der Waals surface area contributed by atoms with Gasteiger partial charge in [-0.25, -0.2) is 0 Å². The Balaban J connectivity index is 1.43. The molecule has 28 heavy (non-hydrogen) atoms. The highest BCUT2D eigenvalue weighted by Crippen LogP contribution is 2.60. The van der Waals surface area contributed by atoms with Gasteiger partial charge in [-0.2, -0.15) is 5.26 Å². The minimum Gasteiger partial charge on any atom is -0.198 e. The summed E-state index contributed by atoms with van der Waals surface area (Å²) in [6, 6.07) is 2.83. The second-order valence-electron chi connectivity index (χ2n) is 11.3. The van der Waals surface area contributed by atoms with E-state index in [0.29, 0.717) is 0 Å². The highest BCUT2D eigenvalue weighted by atomic mass is 14.6. The molecule has 0 aromatic rings. The first kappa shape index (κ1) is 20.8. The maximum absolute atomic E-state index is 10.00. The van der Waals surface area contributed by atoms with Crippen LogP contribution >= 0.6 is 0 Å². The molecule has 6 unspecified atom stereocenters. The average molecular weight is 384 g/mol. The Bertz CT molecular complexity index is 547. The van der Waals surface area contributed by atoms with Crippen molar-refractivity contribution in [3.63, 3.8) is 0 Å². The van der Waals surface area contributed by atoms with Crippen molar-refractivity contribution in [1.82, 2.24) is 0 Å². The lowest BCUT2D eigenvalue weighted by Gasteiger charge is -2.57. The number of fused-ring (bicyclic) bond motifs is 5. The Kier molecular flexibility index (Phi) is 6.74. The standard InChI is InChI=1S/C27H45N/c1-3-5-8-20-9-7-10-24-22(20)13-14-25-23-15-17-27(19-28,16-6-4-2)18-21(23)11-12-26(24)25/h20-26H,3-18H2,1-2H3/t20-,21?,22?,23?,24?,25?,26?,27-/m1/s1. The maximum atomic E-state index is 10.00. The third-order valence-electron chi connectivity index (χ3n) is 10.0. The molecule has 1 nitrogen and oxygen atoms in total. The van der Waals surface area contributed by atoms with Crippen molar-refractivity contribution in [2.24, 2.45) is 46.8 Å². The van der Waals surface area contributed by atoms with Gasteiger partial charge in [0.1, 0.15) is 0 Å². The predicted octanol–water partition coefficient (Wildman–Crippen LogP) is 8.15. The van der Waals surface area contributed by atoms with Crippen LogP contribution in [-0.4, -0.2) is 0 Å². The van der Waals surface area contributed by atoms with Gasteiger partial charge in [0, 0.05) is 0 Å². The second-order valence-corrected chi connectivity index (χ2v) is 11.3. The molecule has 4 fully saturated rings. The molecule has 4 aliphatic carbocycles. The molecule has 0 radical (unpaired) electrons. The summed E-state index contributed by atoms with van der Waals surface area (Å²) in [5.41, 5.74) is 0.0390. The molecule has 0 aliphatic heterocycles. The van der Waals surface area contributed by atoms with Crippen LogP contribution in [0, 0.1) is 58.2 Å². The van der Waals surface area contributed by atoms with Crippen molar-refractivity contribution in [2.75, 3.05) is 0 Å². The fourth-order valence-corrected chi connectivity index (χ4v) is 8.70. The Morgan fingerprint density at radius 1 is 0.786 bits per heavy atom. The van der Waals surface area contributed by atoms with Gasteiger partial charge in [0.15, 0.2) is 0 Å². The first-order valence-corrected chi connectivity index (χ1v) is 13.1. The molecule has 0 N–H and O–H groups in total. The number of nitrogens with zero attached hydrogens (tertiary/aromatic N) is 1. The zero-order valence-corrected chi connectivity index (χ0v) is 18.8. The number of nitriles is 1. The highest BCUT2D eigenvalue weighted by molar-refractivity contribution is 5.07. The van der Waals surface area contributed by atoms with E-state index in [4.69, 9.17) is 0 Å². The summed E-state index contributed by atoms with van der Waals surface area (Å²) < 4.78 is 0. The lowest BCUT2D eigenvalue weighted by Crippen LogP contribution is -2.49. The molecule has 0 spiro atoms. The van der Waals surface area contributed by atoms with Gasteiger partial charge in [-0.3, -0.25) is 0 Å². The molecule has 4 saturated carbocycles. The number of unbranched alkanes of at least 4 members (excludes halogenated alkanes) is 2. The van der Waals surface area contributed by atoms with Crippen LogP contribution in [0.1, 0.15) is 117 Å². The SMILES string of the molecule is CCCC[C@@H]1CCCC2C3CCC4C[C@@](C#N)(CCCC)CCC4C3CCC21. The summed E-state index contributed by atoms with van der Waals surface area (Å²) in [5, 5.41) is 10.00. The van der Waals surface area contributed by atoms with Crippen molar-refractivity contribution in [3.05, 3.63) is 0 Å². The van der Waals surface area contributed by atoms with Crippen LogP contribution in [0.2, 0.25) is 0 Å². The molecule has 8 atom stereocenters. The van der Waals surface area contributed by atoms with Gasteiger partial charge in [-0.15, -0.1) is 0 Å². The van der Waals surface area contributed by atoms with Crippen molar-refractivity contribution in [2.45, 2.75) is 117 Å². The minimum atomic E-state index is 0.0390. The largest absolute Gasteiger partial charge is 0.198 e. The maximum Gasteiger partial charge on any atom is 0.0689 e. The van der Waals surface area contributed by atoms with Crippen molar-refractivity contribution in [3.8, 4) is 6.07 Å². The molecule has 158 valence electrons. The number of hydrogen-bond acceptors (Lipinski definition) is 1. The lowest BCUT2D eigenvalue weighted by atomic mass is 9.48. The second kappa shape index (κ2) is 9.10. The van der Waals surface area contributed by atoms with E-state index in [-0.39, 0.29) is 5.41 Å². The van der Waals surface area contributed by atoms with Crippen LogP contribution in [0.15, 0.2) is 0 Å². The number of hydrogen-bond donors (Lipinski definition) is 0. The van der Waals surface area contributed by atoms with Crippen molar-refractivity contribution < 1.29 is 0 Å². The predicted molar refractivity (Wildman–Crippen MR) is 118 cm³/mol. The summed E-state index contributed by atoms with van der Waals surface area (Å²) in [7, 11) is 0. The van der Waals surface area contributed by atoms with Crippen molar-refractivity contribution in [1.29, 1.82) is 5.26 Å². The van der Waals surface area contributed by atoms with Gasteiger partial charge >= 0.3 is 0 Å².